The third kappa shape index (κ3) is 2.53. The summed E-state index contributed by atoms with van der Waals surface area (Å²) < 4.78 is 0. The standard InChI is InChI=1S/C6H5.Ru/c1-2-4-6-5-3-1;/h1-5H;/q-1;+2. The number of benzene rings is 1. The maximum absolute atomic E-state index is 2.89. The molecule has 0 spiro atoms. The van der Waals surface area contributed by atoms with Gasteiger partial charge < -0.3 is 0 Å². The summed E-state index contributed by atoms with van der Waals surface area (Å²) >= 11 is 0. The van der Waals surface area contributed by atoms with Crippen LogP contribution >= 0.6 is 0 Å². The molecule has 1 rings (SSSR count). The van der Waals surface area contributed by atoms with E-state index in [1.54, 1.807) is 0 Å². The van der Waals surface area contributed by atoms with Crippen LogP contribution in [0.4, 0.5) is 0 Å². The van der Waals surface area contributed by atoms with Crippen molar-refractivity contribution in [1.82, 2.24) is 0 Å². The maximum Gasteiger partial charge on any atom is 2.00 e. The van der Waals surface area contributed by atoms with Crippen LogP contribution < -0.4 is 0 Å². The summed E-state index contributed by atoms with van der Waals surface area (Å²) in [4.78, 5) is 0. The van der Waals surface area contributed by atoms with Gasteiger partial charge in [0.25, 0.3) is 0 Å². The predicted molar refractivity (Wildman–Crippen MR) is 25.3 cm³/mol. The van der Waals surface area contributed by atoms with Crippen molar-refractivity contribution in [2.45, 2.75) is 0 Å². The summed E-state index contributed by atoms with van der Waals surface area (Å²) in [7, 11) is 0. The summed E-state index contributed by atoms with van der Waals surface area (Å²) in [6.07, 6.45) is 0. The minimum absolute atomic E-state index is 0. The van der Waals surface area contributed by atoms with E-state index in [1.165, 1.54) is 0 Å². The zero-order valence-corrected chi connectivity index (χ0v) is 5.48. The van der Waals surface area contributed by atoms with Crippen LogP contribution in [-0.4, -0.2) is 0 Å². The first-order valence-electron chi connectivity index (χ1n) is 1.91. The van der Waals surface area contributed by atoms with E-state index < -0.39 is 0 Å². The molecule has 0 heterocycles. The Morgan fingerprint density at radius 2 is 1.43 bits per heavy atom. The molecule has 0 amide bonds. The smallest absolute Gasteiger partial charge is 0.184 e. The second-order valence-electron chi connectivity index (χ2n) is 1.08. The fourth-order valence-electron chi connectivity index (χ4n) is 0.342. The molecule has 0 bridgehead atoms. The van der Waals surface area contributed by atoms with Crippen molar-refractivity contribution >= 4 is 0 Å². The SMILES string of the molecule is [Ru+2].[c-]1ccccc1. The Hall–Kier alpha value is -0.157. The average Bonchev–Trinajstić information content (AvgIpc) is 1.72. The zero-order chi connectivity index (χ0) is 4.24. The fraction of sp³-hybridized carbons (Fsp3) is 0. The molecule has 0 N–H and O–H groups in total. The van der Waals surface area contributed by atoms with E-state index in [-0.39, 0.29) is 19.5 Å². The van der Waals surface area contributed by atoms with E-state index in [4.69, 9.17) is 0 Å². The zero-order valence-electron chi connectivity index (χ0n) is 3.74. The molecule has 0 aliphatic heterocycles. The molecule has 0 saturated heterocycles. The van der Waals surface area contributed by atoms with Gasteiger partial charge in [-0.05, 0) is 0 Å². The number of rotatable bonds is 0. The maximum atomic E-state index is 2.89. The van der Waals surface area contributed by atoms with Gasteiger partial charge in [-0.15, -0.1) is 0 Å². The van der Waals surface area contributed by atoms with Crippen LogP contribution in [0.1, 0.15) is 0 Å². The Balaban J connectivity index is 0.000000360. The second-order valence-corrected chi connectivity index (χ2v) is 1.08. The topological polar surface area (TPSA) is 0 Å². The van der Waals surface area contributed by atoms with Crippen LogP contribution in [0.5, 0.6) is 0 Å². The summed E-state index contributed by atoms with van der Waals surface area (Å²) in [5.74, 6) is 0. The molecule has 0 unspecified atom stereocenters. The van der Waals surface area contributed by atoms with Crippen LogP contribution in [0.25, 0.3) is 0 Å². The second kappa shape index (κ2) is 4.01. The van der Waals surface area contributed by atoms with Gasteiger partial charge in [-0.3, -0.25) is 0 Å². The molecule has 36 valence electrons. The minimum Gasteiger partial charge on any atom is -0.184 e. The van der Waals surface area contributed by atoms with Gasteiger partial charge >= 0.3 is 19.5 Å². The van der Waals surface area contributed by atoms with Crippen LogP contribution in [0, 0.1) is 6.07 Å². The Bertz CT molecular complexity index is 76.1. The van der Waals surface area contributed by atoms with E-state index in [1.807, 2.05) is 30.3 Å². The van der Waals surface area contributed by atoms with E-state index in [0.717, 1.165) is 0 Å². The van der Waals surface area contributed by atoms with Crippen molar-refractivity contribution in [3.05, 3.63) is 36.4 Å². The summed E-state index contributed by atoms with van der Waals surface area (Å²) in [6, 6.07) is 12.5. The molecule has 0 fully saturated rings. The molecule has 0 atom stereocenters. The third-order valence-electron chi connectivity index (χ3n) is 0.607. The van der Waals surface area contributed by atoms with Crippen LogP contribution in [0.2, 0.25) is 0 Å². The molecule has 0 radical (unpaired) electrons. The monoisotopic (exact) mass is 179 g/mol. The van der Waals surface area contributed by atoms with Crippen molar-refractivity contribution in [2.75, 3.05) is 0 Å². The molecule has 1 aromatic rings. The van der Waals surface area contributed by atoms with Gasteiger partial charge in [-0.2, -0.15) is 36.4 Å². The Labute approximate surface area is 56.3 Å². The minimum atomic E-state index is 0. The average molecular weight is 178 g/mol. The molecule has 0 nitrogen and oxygen atoms in total. The Morgan fingerprint density at radius 3 is 1.57 bits per heavy atom. The van der Waals surface area contributed by atoms with Crippen molar-refractivity contribution in [3.8, 4) is 0 Å². The molecule has 1 aromatic carbocycles. The van der Waals surface area contributed by atoms with Gasteiger partial charge in [-0.1, -0.05) is 0 Å². The van der Waals surface area contributed by atoms with Crippen molar-refractivity contribution in [2.24, 2.45) is 0 Å². The molecule has 0 aliphatic carbocycles. The first kappa shape index (κ1) is 6.84. The summed E-state index contributed by atoms with van der Waals surface area (Å²) in [6.45, 7) is 0. The van der Waals surface area contributed by atoms with Crippen LogP contribution in [0.15, 0.2) is 30.3 Å². The molecular weight excluding hydrogens is 173 g/mol. The van der Waals surface area contributed by atoms with E-state index in [2.05, 4.69) is 6.07 Å². The van der Waals surface area contributed by atoms with Gasteiger partial charge in [0.2, 0.25) is 0 Å². The van der Waals surface area contributed by atoms with E-state index in [9.17, 15) is 0 Å². The quantitative estimate of drug-likeness (QED) is 0.417. The van der Waals surface area contributed by atoms with Crippen LogP contribution in [-0.2, 0) is 19.5 Å². The summed E-state index contributed by atoms with van der Waals surface area (Å²) in [5, 5.41) is 0. The van der Waals surface area contributed by atoms with Crippen molar-refractivity contribution < 1.29 is 19.5 Å². The first-order valence-corrected chi connectivity index (χ1v) is 1.91. The largest absolute Gasteiger partial charge is 2.00 e. The van der Waals surface area contributed by atoms with E-state index in [0.29, 0.717) is 0 Å². The third-order valence-corrected chi connectivity index (χ3v) is 0.607. The molecule has 7 heavy (non-hydrogen) atoms. The van der Waals surface area contributed by atoms with Crippen LogP contribution in [0.3, 0.4) is 0 Å². The molecule has 0 aromatic heterocycles. The Kier molecular flexibility index (Phi) is 3.92. The van der Waals surface area contributed by atoms with Gasteiger partial charge in [0.1, 0.15) is 0 Å². The van der Waals surface area contributed by atoms with Crippen molar-refractivity contribution in [1.29, 1.82) is 0 Å². The predicted octanol–water partition coefficient (Wildman–Crippen LogP) is 1.48. The summed E-state index contributed by atoms with van der Waals surface area (Å²) in [5.41, 5.74) is 0. The molecule has 0 aliphatic rings. The van der Waals surface area contributed by atoms with Gasteiger partial charge in [0, 0.05) is 0 Å². The Morgan fingerprint density at radius 1 is 0.857 bits per heavy atom. The fourth-order valence-corrected chi connectivity index (χ4v) is 0.342. The first-order chi connectivity index (χ1) is 3.00. The van der Waals surface area contributed by atoms with E-state index >= 15 is 0 Å². The van der Waals surface area contributed by atoms with Gasteiger partial charge in [-0.25, -0.2) is 0 Å². The number of hydrogen-bond acceptors (Lipinski definition) is 0. The van der Waals surface area contributed by atoms with Crippen molar-refractivity contribution in [3.63, 3.8) is 0 Å². The van der Waals surface area contributed by atoms with Gasteiger partial charge in [0.15, 0.2) is 0 Å². The normalized spacial score (nSPS) is 6.86. The molecule has 1 heteroatoms. The van der Waals surface area contributed by atoms with Gasteiger partial charge in [0.05, 0.1) is 0 Å². The molecule has 0 saturated carbocycles. The molecular formula is C6H5Ru+. The number of hydrogen-bond donors (Lipinski definition) is 0.